The fraction of sp³-hybridized carbons (Fsp3) is 0.857. The molecular weight excluding hydrogens is 116 g/mol. The van der Waals surface area contributed by atoms with Gasteiger partial charge in [0.25, 0.3) is 0 Å². The van der Waals surface area contributed by atoms with Crippen molar-refractivity contribution in [3.8, 4) is 0 Å². The van der Waals surface area contributed by atoms with Crippen LogP contribution >= 0.6 is 0 Å². The van der Waals surface area contributed by atoms with Crippen LogP contribution in [0.5, 0.6) is 0 Å². The van der Waals surface area contributed by atoms with Crippen molar-refractivity contribution in [3.05, 3.63) is 0 Å². The van der Waals surface area contributed by atoms with Crippen LogP contribution in [0.2, 0.25) is 0 Å². The van der Waals surface area contributed by atoms with Gasteiger partial charge in [-0.05, 0) is 13.8 Å². The Morgan fingerprint density at radius 2 is 1.67 bits per heavy atom. The van der Waals surface area contributed by atoms with E-state index < -0.39 is 0 Å². The minimum atomic E-state index is -0.120. The molecule has 0 aliphatic rings. The molecule has 0 saturated heterocycles. The van der Waals surface area contributed by atoms with Crippen molar-refractivity contribution < 1.29 is 9.53 Å². The first-order chi connectivity index (χ1) is 4.04. The summed E-state index contributed by atoms with van der Waals surface area (Å²) in [6, 6.07) is 0. The smallest absolute Gasteiger partial charge is 0.308 e. The van der Waals surface area contributed by atoms with Crippen LogP contribution in [0.4, 0.5) is 0 Å². The summed E-state index contributed by atoms with van der Waals surface area (Å²) >= 11 is 0. The van der Waals surface area contributed by atoms with Gasteiger partial charge in [-0.1, -0.05) is 13.8 Å². The Kier molecular flexibility index (Phi) is 3.28. The molecule has 9 heavy (non-hydrogen) atoms. The van der Waals surface area contributed by atoms with Crippen LogP contribution in [-0.2, 0) is 9.53 Å². The Bertz CT molecular complexity index is 95.1. The first kappa shape index (κ1) is 8.47. The molecule has 2 heteroatoms. The molecule has 0 N–H and O–H groups in total. The molecule has 0 unspecified atom stereocenters. The third kappa shape index (κ3) is 4.01. The van der Waals surface area contributed by atoms with Gasteiger partial charge >= 0.3 is 5.97 Å². The van der Waals surface area contributed by atoms with Crippen LogP contribution < -0.4 is 0 Å². The zero-order valence-corrected chi connectivity index (χ0v) is 6.47. The summed E-state index contributed by atoms with van der Waals surface area (Å²) in [6.07, 6.45) is 0.0138. The summed E-state index contributed by atoms with van der Waals surface area (Å²) in [4.78, 5) is 10.7. The highest BCUT2D eigenvalue weighted by molar-refractivity contribution is 5.71. The van der Waals surface area contributed by atoms with Crippen molar-refractivity contribution in [2.45, 2.75) is 33.8 Å². The zero-order valence-electron chi connectivity index (χ0n) is 6.47. The molecule has 0 aliphatic heterocycles. The van der Waals surface area contributed by atoms with Gasteiger partial charge in [0.1, 0.15) is 0 Å². The average Bonchev–Trinajstić information content (AvgIpc) is 1.63. The van der Waals surface area contributed by atoms with Gasteiger partial charge < -0.3 is 4.74 Å². The van der Waals surface area contributed by atoms with Crippen LogP contribution in [0.15, 0.2) is 0 Å². The SMILES string of the molecule is CC(C)OC(=O)C(C)C. The maximum absolute atomic E-state index is 10.7. The monoisotopic (exact) mass is 130 g/mol. The number of esters is 1. The number of carbonyl (C=O) groups is 1. The molecule has 0 saturated carbocycles. The van der Waals surface area contributed by atoms with Gasteiger partial charge in [0.2, 0.25) is 0 Å². The molecule has 0 rings (SSSR count). The number of carbonyl (C=O) groups excluding carboxylic acids is 1. The lowest BCUT2D eigenvalue weighted by Crippen LogP contribution is -2.16. The molecule has 0 heterocycles. The second-order valence-electron chi connectivity index (χ2n) is 2.64. The zero-order chi connectivity index (χ0) is 7.44. The molecule has 0 spiro atoms. The van der Waals surface area contributed by atoms with Gasteiger partial charge in [-0.2, -0.15) is 0 Å². The van der Waals surface area contributed by atoms with Crippen molar-refractivity contribution in [1.29, 1.82) is 0 Å². The predicted molar refractivity (Wildman–Crippen MR) is 36.1 cm³/mol. The number of hydrogen-bond donors (Lipinski definition) is 0. The maximum atomic E-state index is 10.7. The summed E-state index contributed by atoms with van der Waals surface area (Å²) < 4.78 is 4.87. The van der Waals surface area contributed by atoms with Gasteiger partial charge in [0.05, 0.1) is 12.0 Å². The molecule has 2 nitrogen and oxygen atoms in total. The third-order valence-electron chi connectivity index (χ3n) is 0.823. The van der Waals surface area contributed by atoms with Crippen molar-refractivity contribution in [1.82, 2.24) is 0 Å². The van der Waals surface area contributed by atoms with E-state index in [0.29, 0.717) is 0 Å². The number of ether oxygens (including phenoxy) is 1. The molecule has 0 radical (unpaired) electrons. The second-order valence-corrected chi connectivity index (χ2v) is 2.64. The molecule has 0 atom stereocenters. The van der Waals surface area contributed by atoms with E-state index in [-0.39, 0.29) is 18.0 Å². The lowest BCUT2D eigenvalue weighted by Gasteiger charge is -2.08. The van der Waals surface area contributed by atoms with Gasteiger partial charge in [-0.15, -0.1) is 0 Å². The first-order valence-electron chi connectivity index (χ1n) is 3.24. The van der Waals surface area contributed by atoms with Gasteiger partial charge in [-0.3, -0.25) is 4.79 Å². The van der Waals surface area contributed by atoms with Crippen LogP contribution in [0, 0.1) is 5.92 Å². The normalized spacial score (nSPS) is 10.4. The number of rotatable bonds is 2. The minimum Gasteiger partial charge on any atom is -0.463 e. The molecule has 0 bridgehead atoms. The summed E-state index contributed by atoms with van der Waals surface area (Å²) in [5.41, 5.74) is 0. The predicted octanol–water partition coefficient (Wildman–Crippen LogP) is 1.59. The van der Waals surface area contributed by atoms with Gasteiger partial charge in [-0.25, -0.2) is 0 Å². The summed E-state index contributed by atoms with van der Waals surface area (Å²) in [5.74, 6) is -0.127. The molecule has 0 aliphatic carbocycles. The van der Waals surface area contributed by atoms with E-state index in [1.54, 1.807) is 0 Å². The largest absolute Gasteiger partial charge is 0.463 e. The molecule has 0 amide bonds. The van der Waals surface area contributed by atoms with E-state index in [1.807, 2.05) is 27.7 Å². The Labute approximate surface area is 56.2 Å². The topological polar surface area (TPSA) is 26.3 Å². The lowest BCUT2D eigenvalue weighted by molar-refractivity contribution is -0.151. The summed E-state index contributed by atoms with van der Waals surface area (Å²) in [5, 5.41) is 0. The fourth-order valence-corrected chi connectivity index (χ4v) is 0.368. The Morgan fingerprint density at radius 1 is 1.22 bits per heavy atom. The van der Waals surface area contributed by atoms with E-state index in [2.05, 4.69) is 0 Å². The van der Waals surface area contributed by atoms with Crippen molar-refractivity contribution in [2.24, 2.45) is 5.92 Å². The number of hydrogen-bond acceptors (Lipinski definition) is 2. The fourth-order valence-electron chi connectivity index (χ4n) is 0.368. The lowest BCUT2D eigenvalue weighted by atomic mass is 10.2. The maximum Gasteiger partial charge on any atom is 0.308 e. The van der Waals surface area contributed by atoms with E-state index in [1.165, 1.54) is 0 Å². The van der Waals surface area contributed by atoms with Crippen LogP contribution in [0.1, 0.15) is 27.7 Å². The van der Waals surface area contributed by atoms with E-state index in [4.69, 9.17) is 4.74 Å². The van der Waals surface area contributed by atoms with Crippen molar-refractivity contribution in [2.75, 3.05) is 0 Å². The Hall–Kier alpha value is -0.530. The average molecular weight is 130 g/mol. The Morgan fingerprint density at radius 3 is 1.78 bits per heavy atom. The van der Waals surface area contributed by atoms with E-state index in [0.717, 1.165) is 0 Å². The standard InChI is InChI=1S/C7H14O2/c1-5(2)7(8)9-6(3)4/h5-6H,1-4H3. The van der Waals surface area contributed by atoms with E-state index >= 15 is 0 Å². The summed E-state index contributed by atoms with van der Waals surface area (Å²) in [7, 11) is 0. The van der Waals surface area contributed by atoms with Crippen molar-refractivity contribution >= 4 is 5.97 Å². The minimum absolute atomic E-state index is 0.00704. The molecular formula is C7H14O2. The molecule has 0 fully saturated rings. The third-order valence-corrected chi connectivity index (χ3v) is 0.823. The van der Waals surface area contributed by atoms with Crippen LogP contribution in [-0.4, -0.2) is 12.1 Å². The molecule has 0 aromatic carbocycles. The quantitative estimate of drug-likeness (QED) is 0.530. The highest BCUT2D eigenvalue weighted by Gasteiger charge is 2.08. The molecule has 0 aromatic rings. The highest BCUT2D eigenvalue weighted by atomic mass is 16.5. The van der Waals surface area contributed by atoms with E-state index in [9.17, 15) is 4.79 Å². The van der Waals surface area contributed by atoms with Crippen molar-refractivity contribution in [3.63, 3.8) is 0 Å². The molecule has 0 aromatic heterocycles. The second kappa shape index (κ2) is 3.49. The first-order valence-corrected chi connectivity index (χ1v) is 3.24. The highest BCUT2D eigenvalue weighted by Crippen LogP contribution is 1.98. The summed E-state index contributed by atoms with van der Waals surface area (Å²) in [6.45, 7) is 7.34. The van der Waals surface area contributed by atoms with Gasteiger partial charge in [0.15, 0.2) is 0 Å². The van der Waals surface area contributed by atoms with Crippen LogP contribution in [0.25, 0.3) is 0 Å². The molecule has 54 valence electrons. The Balaban J connectivity index is 3.51. The van der Waals surface area contributed by atoms with Gasteiger partial charge in [0, 0.05) is 0 Å². The van der Waals surface area contributed by atoms with Crippen LogP contribution in [0.3, 0.4) is 0 Å².